The van der Waals surface area contributed by atoms with Gasteiger partial charge in [0.05, 0.1) is 0 Å². The minimum absolute atomic E-state index is 0.158. The molecule has 2 amide bonds. The van der Waals surface area contributed by atoms with Gasteiger partial charge in [0.2, 0.25) is 0 Å². The third-order valence-corrected chi connectivity index (χ3v) is 4.18. The standard InChI is InChI=1S/C20H20N4O2/c1-13-6-4-5-7-16(13)19(25)22-15-8-9-17(14(2)12-15)23-20(26)18-10-11-21-24(18)3/h4-12H,1-3H3,(H,22,25)(H,23,26). The van der Waals surface area contributed by atoms with Crippen molar-refractivity contribution in [2.75, 3.05) is 10.6 Å². The first kappa shape index (κ1) is 17.4. The molecule has 0 bridgehead atoms. The van der Waals surface area contributed by atoms with Gasteiger partial charge >= 0.3 is 0 Å². The lowest BCUT2D eigenvalue weighted by Gasteiger charge is -2.12. The summed E-state index contributed by atoms with van der Waals surface area (Å²) in [7, 11) is 1.71. The Balaban J connectivity index is 1.73. The van der Waals surface area contributed by atoms with E-state index in [2.05, 4.69) is 15.7 Å². The predicted molar refractivity (Wildman–Crippen MR) is 101 cm³/mol. The number of aromatic nitrogens is 2. The average molecular weight is 348 g/mol. The minimum Gasteiger partial charge on any atom is -0.322 e. The normalized spacial score (nSPS) is 10.4. The monoisotopic (exact) mass is 348 g/mol. The number of carbonyl (C=O) groups is 2. The minimum atomic E-state index is -0.232. The Hall–Kier alpha value is -3.41. The highest BCUT2D eigenvalue weighted by molar-refractivity contribution is 6.06. The largest absolute Gasteiger partial charge is 0.322 e. The van der Waals surface area contributed by atoms with Crippen LogP contribution in [-0.4, -0.2) is 21.6 Å². The van der Waals surface area contributed by atoms with Gasteiger partial charge in [-0.15, -0.1) is 0 Å². The van der Waals surface area contributed by atoms with Gasteiger partial charge in [0.1, 0.15) is 5.69 Å². The van der Waals surface area contributed by atoms with Crippen LogP contribution < -0.4 is 10.6 Å². The molecular weight excluding hydrogens is 328 g/mol. The van der Waals surface area contributed by atoms with Gasteiger partial charge in [0.15, 0.2) is 0 Å². The summed E-state index contributed by atoms with van der Waals surface area (Å²) >= 11 is 0. The Labute approximate surface area is 151 Å². The lowest BCUT2D eigenvalue weighted by Crippen LogP contribution is -2.17. The van der Waals surface area contributed by atoms with E-state index >= 15 is 0 Å². The molecule has 1 heterocycles. The molecule has 6 heteroatoms. The van der Waals surface area contributed by atoms with E-state index in [9.17, 15) is 9.59 Å². The molecule has 0 spiro atoms. The van der Waals surface area contributed by atoms with Crippen LogP contribution in [0.3, 0.4) is 0 Å². The van der Waals surface area contributed by atoms with Crippen LogP contribution in [0.1, 0.15) is 32.0 Å². The Kier molecular flexibility index (Phi) is 4.84. The van der Waals surface area contributed by atoms with Gasteiger partial charge in [-0.1, -0.05) is 18.2 Å². The molecule has 132 valence electrons. The number of benzene rings is 2. The van der Waals surface area contributed by atoms with E-state index in [0.29, 0.717) is 22.6 Å². The van der Waals surface area contributed by atoms with Gasteiger partial charge in [0.25, 0.3) is 11.8 Å². The summed E-state index contributed by atoms with van der Waals surface area (Å²) in [4.78, 5) is 24.7. The van der Waals surface area contributed by atoms with Crippen molar-refractivity contribution in [3.05, 3.63) is 77.1 Å². The van der Waals surface area contributed by atoms with Gasteiger partial charge in [-0.3, -0.25) is 14.3 Å². The van der Waals surface area contributed by atoms with Crippen LogP contribution >= 0.6 is 0 Å². The summed E-state index contributed by atoms with van der Waals surface area (Å²) < 4.78 is 1.52. The molecule has 2 aromatic carbocycles. The molecule has 0 aliphatic carbocycles. The van der Waals surface area contributed by atoms with Crippen LogP contribution in [-0.2, 0) is 7.05 Å². The highest BCUT2D eigenvalue weighted by atomic mass is 16.2. The maximum atomic E-state index is 12.4. The molecule has 6 nitrogen and oxygen atoms in total. The van der Waals surface area contributed by atoms with Crippen molar-refractivity contribution in [1.29, 1.82) is 0 Å². The summed E-state index contributed by atoms with van der Waals surface area (Å²) in [6.07, 6.45) is 1.58. The zero-order valence-electron chi connectivity index (χ0n) is 14.9. The summed E-state index contributed by atoms with van der Waals surface area (Å²) in [6.45, 7) is 3.78. The van der Waals surface area contributed by atoms with Crippen LogP contribution in [0.4, 0.5) is 11.4 Å². The smallest absolute Gasteiger partial charge is 0.273 e. The van der Waals surface area contributed by atoms with Crippen molar-refractivity contribution in [3.8, 4) is 0 Å². The van der Waals surface area contributed by atoms with E-state index in [1.807, 2.05) is 38.1 Å². The Morgan fingerprint density at radius 1 is 0.923 bits per heavy atom. The average Bonchev–Trinajstić information content (AvgIpc) is 3.03. The second-order valence-electron chi connectivity index (χ2n) is 6.09. The molecule has 2 N–H and O–H groups in total. The molecule has 0 saturated carbocycles. The molecule has 0 aliphatic rings. The van der Waals surface area contributed by atoms with E-state index in [0.717, 1.165) is 11.1 Å². The number of anilines is 2. The first-order valence-electron chi connectivity index (χ1n) is 8.22. The molecular formula is C20H20N4O2. The lowest BCUT2D eigenvalue weighted by molar-refractivity contribution is 0.101. The maximum absolute atomic E-state index is 12.4. The molecule has 3 aromatic rings. The van der Waals surface area contributed by atoms with Crippen LogP contribution in [0, 0.1) is 13.8 Å². The molecule has 0 atom stereocenters. The fourth-order valence-corrected chi connectivity index (χ4v) is 2.69. The number of hydrogen-bond acceptors (Lipinski definition) is 3. The number of hydrogen-bond donors (Lipinski definition) is 2. The lowest BCUT2D eigenvalue weighted by atomic mass is 10.1. The number of amides is 2. The maximum Gasteiger partial charge on any atom is 0.273 e. The number of aryl methyl sites for hydroxylation is 3. The third kappa shape index (κ3) is 3.64. The molecule has 0 saturated heterocycles. The Morgan fingerprint density at radius 2 is 1.69 bits per heavy atom. The number of nitrogens with zero attached hydrogens (tertiary/aromatic N) is 2. The van der Waals surface area contributed by atoms with Crippen molar-refractivity contribution in [3.63, 3.8) is 0 Å². The highest BCUT2D eigenvalue weighted by Gasteiger charge is 2.13. The van der Waals surface area contributed by atoms with Crippen molar-refractivity contribution in [1.82, 2.24) is 9.78 Å². The molecule has 3 rings (SSSR count). The topological polar surface area (TPSA) is 76.0 Å². The first-order valence-corrected chi connectivity index (χ1v) is 8.22. The quantitative estimate of drug-likeness (QED) is 0.757. The fourth-order valence-electron chi connectivity index (χ4n) is 2.69. The van der Waals surface area contributed by atoms with E-state index in [-0.39, 0.29) is 11.8 Å². The molecule has 0 fully saturated rings. The van der Waals surface area contributed by atoms with Crippen LogP contribution in [0.2, 0.25) is 0 Å². The van der Waals surface area contributed by atoms with E-state index in [4.69, 9.17) is 0 Å². The summed E-state index contributed by atoms with van der Waals surface area (Å²) in [5, 5.41) is 9.75. The van der Waals surface area contributed by atoms with Gasteiger partial charge in [-0.25, -0.2) is 0 Å². The van der Waals surface area contributed by atoms with Crippen molar-refractivity contribution >= 4 is 23.2 Å². The van der Waals surface area contributed by atoms with E-state index < -0.39 is 0 Å². The predicted octanol–water partition coefficient (Wildman–Crippen LogP) is 3.54. The van der Waals surface area contributed by atoms with Gasteiger partial charge < -0.3 is 10.6 Å². The SMILES string of the molecule is Cc1cc(NC(=O)c2ccccc2C)ccc1NC(=O)c1ccnn1C. The summed E-state index contributed by atoms with van der Waals surface area (Å²) in [6, 6.07) is 14.5. The second kappa shape index (κ2) is 7.23. The fraction of sp³-hybridized carbons (Fsp3) is 0.150. The Bertz CT molecular complexity index is 975. The summed E-state index contributed by atoms with van der Waals surface area (Å²) in [5.74, 6) is -0.390. The van der Waals surface area contributed by atoms with Crippen molar-refractivity contribution in [2.45, 2.75) is 13.8 Å². The number of rotatable bonds is 4. The van der Waals surface area contributed by atoms with Gasteiger partial charge in [-0.2, -0.15) is 5.10 Å². The summed E-state index contributed by atoms with van der Waals surface area (Å²) in [5.41, 5.74) is 4.24. The van der Waals surface area contributed by atoms with Crippen molar-refractivity contribution in [2.24, 2.45) is 7.05 Å². The van der Waals surface area contributed by atoms with Gasteiger partial charge in [-0.05, 0) is 55.3 Å². The second-order valence-corrected chi connectivity index (χ2v) is 6.09. The zero-order valence-corrected chi connectivity index (χ0v) is 14.9. The zero-order chi connectivity index (χ0) is 18.7. The molecule has 26 heavy (non-hydrogen) atoms. The van der Waals surface area contributed by atoms with Gasteiger partial charge in [0, 0.05) is 30.2 Å². The van der Waals surface area contributed by atoms with Crippen LogP contribution in [0.25, 0.3) is 0 Å². The highest BCUT2D eigenvalue weighted by Crippen LogP contribution is 2.21. The number of nitrogens with one attached hydrogen (secondary N) is 2. The first-order chi connectivity index (χ1) is 12.5. The van der Waals surface area contributed by atoms with Crippen molar-refractivity contribution < 1.29 is 9.59 Å². The van der Waals surface area contributed by atoms with E-state index in [1.54, 1.807) is 37.5 Å². The Morgan fingerprint density at radius 3 is 2.35 bits per heavy atom. The molecule has 0 aliphatic heterocycles. The molecule has 0 unspecified atom stereocenters. The van der Waals surface area contributed by atoms with Crippen LogP contribution in [0.15, 0.2) is 54.7 Å². The van der Waals surface area contributed by atoms with Crippen LogP contribution in [0.5, 0.6) is 0 Å². The van der Waals surface area contributed by atoms with E-state index in [1.165, 1.54) is 4.68 Å². The number of carbonyl (C=O) groups excluding carboxylic acids is 2. The molecule has 0 radical (unpaired) electrons. The molecule has 1 aromatic heterocycles. The third-order valence-electron chi connectivity index (χ3n) is 4.18.